The molecule has 0 unspecified atom stereocenters. The molecule has 86 valence electrons. The molecule has 2 aliphatic heterocycles. The standard InChI is InChI=1S/C12H16N2O2/c1-13-5-9-10-6-14(2)8-16-12(10)4-3-11(9)15-7-13/h3-4H,5-8H2,1-2H3. The zero-order chi connectivity index (χ0) is 11.1. The lowest BCUT2D eigenvalue weighted by atomic mass is 10.0. The highest BCUT2D eigenvalue weighted by Crippen LogP contribution is 2.36. The van der Waals surface area contributed by atoms with E-state index >= 15 is 0 Å². The largest absolute Gasteiger partial charge is 0.478 e. The summed E-state index contributed by atoms with van der Waals surface area (Å²) in [5, 5.41) is 0. The van der Waals surface area contributed by atoms with Gasteiger partial charge in [-0.15, -0.1) is 0 Å². The van der Waals surface area contributed by atoms with Crippen LogP contribution in [0.2, 0.25) is 0 Å². The molecule has 0 atom stereocenters. The first-order valence-corrected chi connectivity index (χ1v) is 5.51. The quantitative estimate of drug-likeness (QED) is 0.657. The van der Waals surface area contributed by atoms with Gasteiger partial charge in [-0.25, -0.2) is 0 Å². The molecule has 0 radical (unpaired) electrons. The van der Waals surface area contributed by atoms with Crippen LogP contribution in [0.3, 0.4) is 0 Å². The van der Waals surface area contributed by atoms with Crippen LogP contribution in [-0.4, -0.2) is 37.4 Å². The van der Waals surface area contributed by atoms with Gasteiger partial charge in [-0.05, 0) is 26.2 Å². The lowest BCUT2D eigenvalue weighted by Crippen LogP contribution is -2.33. The summed E-state index contributed by atoms with van der Waals surface area (Å²) in [6.07, 6.45) is 0. The van der Waals surface area contributed by atoms with Gasteiger partial charge in [0.05, 0.1) is 0 Å². The molecule has 16 heavy (non-hydrogen) atoms. The maximum Gasteiger partial charge on any atom is 0.142 e. The second kappa shape index (κ2) is 3.64. The van der Waals surface area contributed by atoms with Gasteiger partial charge in [0, 0.05) is 24.2 Å². The third kappa shape index (κ3) is 1.54. The SMILES string of the molecule is CN1COc2ccc3c(c2C1)CN(C)CO3. The van der Waals surface area contributed by atoms with Crippen molar-refractivity contribution in [3.63, 3.8) is 0 Å². The van der Waals surface area contributed by atoms with E-state index in [0.29, 0.717) is 13.5 Å². The molecule has 0 aliphatic carbocycles. The summed E-state index contributed by atoms with van der Waals surface area (Å²) in [5.74, 6) is 2.02. The molecule has 4 heteroatoms. The van der Waals surface area contributed by atoms with Crippen LogP contribution in [0.15, 0.2) is 12.1 Å². The van der Waals surface area contributed by atoms with Crippen molar-refractivity contribution in [3.05, 3.63) is 23.3 Å². The Bertz CT molecular complexity index is 381. The molecule has 3 rings (SSSR count). The molecular weight excluding hydrogens is 204 g/mol. The molecule has 1 aromatic carbocycles. The summed E-state index contributed by atoms with van der Waals surface area (Å²) in [5.41, 5.74) is 2.55. The number of ether oxygens (including phenoxy) is 2. The van der Waals surface area contributed by atoms with Crippen molar-refractivity contribution in [2.45, 2.75) is 13.1 Å². The Balaban J connectivity index is 2.06. The molecule has 4 nitrogen and oxygen atoms in total. The molecule has 0 spiro atoms. The molecule has 0 N–H and O–H groups in total. The van der Waals surface area contributed by atoms with Gasteiger partial charge in [-0.3, -0.25) is 9.80 Å². The average molecular weight is 220 g/mol. The molecule has 2 heterocycles. The van der Waals surface area contributed by atoms with Gasteiger partial charge < -0.3 is 9.47 Å². The van der Waals surface area contributed by atoms with Crippen molar-refractivity contribution in [1.29, 1.82) is 0 Å². The number of hydrogen-bond donors (Lipinski definition) is 0. The van der Waals surface area contributed by atoms with Crippen LogP contribution in [0.1, 0.15) is 11.1 Å². The monoisotopic (exact) mass is 220 g/mol. The summed E-state index contributed by atoms with van der Waals surface area (Å²) < 4.78 is 11.4. The predicted molar refractivity (Wildman–Crippen MR) is 60.4 cm³/mol. The van der Waals surface area contributed by atoms with E-state index in [-0.39, 0.29) is 0 Å². The number of benzene rings is 1. The van der Waals surface area contributed by atoms with Gasteiger partial charge in [0.25, 0.3) is 0 Å². The second-order valence-corrected chi connectivity index (χ2v) is 4.59. The zero-order valence-electron chi connectivity index (χ0n) is 9.69. The van der Waals surface area contributed by atoms with Gasteiger partial charge in [0.2, 0.25) is 0 Å². The molecule has 2 aliphatic rings. The van der Waals surface area contributed by atoms with Gasteiger partial charge in [-0.1, -0.05) is 0 Å². The summed E-state index contributed by atoms with van der Waals surface area (Å²) in [6, 6.07) is 4.04. The first-order valence-electron chi connectivity index (χ1n) is 5.51. The fourth-order valence-corrected chi connectivity index (χ4v) is 2.26. The zero-order valence-corrected chi connectivity index (χ0v) is 9.69. The third-order valence-electron chi connectivity index (χ3n) is 3.08. The molecule has 0 aromatic heterocycles. The molecular formula is C12H16N2O2. The minimum Gasteiger partial charge on any atom is -0.478 e. The molecule has 0 fully saturated rings. The van der Waals surface area contributed by atoms with E-state index in [1.807, 2.05) is 12.1 Å². The Hall–Kier alpha value is -1.26. The lowest BCUT2D eigenvalue weighted by Gasteiger charge is -2.32. The van der Waals surface area contributed by atoms with E-state index < -0.39 is 0 Å². The van der Waals surface area contributed by atoms with Gasteiger partial charge in [0.15, 0.2) is 0 Å². The van der Waals surface area contributed by atoms with Crippen LogP contribution in [0.5, 0.6) is 11.5 Å². The number of rotatable bonds is 0. The topological polar surface area (TPSA) is 24.9 Å². The van der Waals surface area contributed by atoms with Crippen LogP contribution in [-0.2, 0) is 13.1 Å². The summed E-state index contributed by atoms with van der Waals surface area (Å²) in [6.45, 7) is 3.22. The van der Waals surface area contributed by atoms with E-state index in [2.05, 4.69) is 23.9 Å². The maximum absolute atomic E-state index is 5.69. The van der Waals surface area contributed by atoms with Crippen molar-refractivity contribution < 1.29 is 9.47 Å². The molecule has 0 saturated heterocycles. The van der Waals surface area contributed by atoms with Gasteiger partial charge >= 0.3 is 0 Å². The van der Waals surface area contributed by atoms with Crippen LogP contribution in [0, 0.1) is 0 Å². The average Bonchev–Trinajstić information content (AvgIpc) is 2.29. The van der Waals surface area contributed by atoms with Crippen molar-refractivity contribution in [3.8, 4) is 11.5 Å². The first kappa shape index (κ1) is 9.93. The van der Waals surface area contributed by atoms with E-state index in [1.165, 1.54) is 11.1 Å². The highest BCUT2D eigenvalue weighted by molar-refractivity contribution is 5.49. The smallest absolute Gasteiger partial charge is 0.142 e. The number of fused-ring (bicyclic) bond motifs is 3. The highest BCUT2D eigenvalue weighted by Gasteiger charge is 2.24. The van der Waals surface area contributed by atoms with E-state index in [4.69, 9.17) is 9.47 Å². The molecule has 1 aromatic rings. The second-order valence-electron chi connectivity index (χ2n) is 4.59. The fraction of sp³-hybridized carbons (Fsp3) is 0.500. The first-order chi connectivity index (χ1) is 7.74. The van der Waals surface area contributed by atoms with Crippen molar-refractivity contribution in [2.75, 3.05) is 27.6 Å². The van der Waals surface area contributed by atoms with Crippen molar-refractivity contribution in [1.82, 2.24) is 9.80 Å². The highest BCUT2D eigenvalue weighted by atomic mass is 16.5. The summed E-state index contributed by atoms with van der Waals surface area (Å²) in [4.78, 5) is 4.33. The molecule has 0 bridgehead atoms. The van der Waals surface area contributed by atoms with Crippen molar-refractivity contribution >= 4 is 0 Å². The lowest BCUT2D eigenvalue weighted by molar-refractivity contribution is 0.104. The Kier molecular flexibility index (Phi) is 2.26. The van der Waals surface area contributed by atoms with Gasteiger partial charge in [-0.2, -0.15) is 0 Å². The Morgan fingerprint density at radius 3 is 1.75 bits per heavy atom. The summed E-state index contributed by atoms with van der Waals surface area (Å²) >= 11 is 0. The van der Waals surface area contributed by atoms with E-state index in [9.17, 15) is 0 Å². The Labute approximate surface area is 95.4 Å². The molecule has 0 saturated carbocycles. The Morgan fingerprint density at radius 1 is 0.875 bits per heavy atom. The third-order valence-corrected chi connectivity index (χ3v) is 3.08. The van der Waals surface area contributed by atoms with E-state index in [1.54, 1.807) is 0 Å². The van der Waals surface area contributed by atoms with Crippen LogP contribution >= 0.6 is 0 Å². The normalized spacial score (nSPS) is 20.6. The fourth-order valence-electron chi connectivity index (χ4n) is 2.26. The maximum atomic E-state index is 5.69. The van der Waals surface area contributed by atoms with Crippen LogP contribution < -0.4 is 9.47 Å². The number of hydrogen-bond acceptors (Lipinski definition) is 4. The Morgan fingerprint density at radius 2 is 1.31 bits per heavy atom. The summed E-state index contributed by atoms with van der Waals surface area (Å²) in [7, 11) is 4.13. The van der Waals surface area contributed by atoms with Crippen molar-refractivity contribution in [2.24, 2.45) is 0 Å². The predicted octanol–water partition coefficient (Wildman–Crippen LogP) is 1.25. The van der Waals surface area contributed by atoms with Gasteiger partial charge in [0.1, 0.15) is 25.0 Å². The minimum atomic E-state index is 0.669. The van der Waals surface area contributed by atoms with Crippen LogP contribution in [0.4, 0.5) is 0 Å². The minimum absolute atomic E-state index is 0.669. The number of nitrogens with zero attached hydrogens (tertiary/aromatic N) is 2. The molecule has 0 amide bonds. The van der Waals surface area contributed by atoms with Crippen LogP contribution in [0.25, 0.3) is 0 Å². The van der Waals surface area contributed by atoms with E-state index in [0.717, 1.165) is 24.6 Å².